The van der Waals surface area contributed by atoms with E-state index in [1.165, 1.54) is 13.2 Å². The van der Waals surface area contributed by atoms with E-state index in [4.69, 9.17) is 14.3 Å². The first kappa shape index (κ1) is 14.7. The molecule has 0 aliphatic heterocycles. The number of fused-ring (bicyclic) bond motifs is 1. The molecule has 0 fully saturated rings. The number of methoxy groups -OCH3 is 1. The van der Waals surface area contributed by atoms with E-state index in [1.54, 1.807) is 24.3 Å². The highest BCUT2D eigenvalue weighted by atomic mass is 16.5. The van der Waals surface area contributed by atoms with Gasteiger partial charge in [-0.2, -0.15) is 0 Å². The van der Waals surface area contributed by atoms with E-state index in [1.807, 2.05) is 0 Å². The molecule has 1 amide bonds. The highest BCUT2D eigenvalue weighted by Crippen LogP contribution is 2.12. The number of carboxylic acids is 1. The lowest BCUT2D eigenvalue weighted by atomic mass is 10.1. The van der Waals surface area contributed by atoms with Gasteiger partial charge in [-0.1, -0.05) is 18.2 Å². The SMILES string of the molecule is COCC(NC(=O)c1cc2ccccc2oc1=O)C(=O)O. The number of para-hydroxylation sites is 1. The zero-order valence-electron chi connectivity index (χ0n) is 11.2. The maximum absolute atomic E-state index is 12.0. The summed E-state index contributed by atoms with van der Waals surface area (Å²) in [6.07, 6.45) is 0. The molecule has 1 heterocycles. The smallest absolute Gasteiger partial charge is 0.349 e. The largest absolute Gasteiger partial charge is 0.480 e. The van der Waals surface area contributed by atoms with Gasteiger partial charge < -0.3 is 19.6 Å². The van der Waals surface area contributed by atoms with Crippen LogP contribution in [0.25, 0.3) is 11.0 Å². The lowest BCUT2D eigenvalue weighted by molar-refractivity contribution is -0.140. The lowest BCUT2D eigenvalue weighted by Crippen LogP contribution is -2.44. The van der Waals surface area contributed by atoms with Gasteiger partial charge in [-0.15, -0.1) is 0 Å². The Bertz CT molecular complexity index is 736. The van der Waals surface area contributed by atoms with Crippen molar-refractivity contribution < 1.29 is 23.8 Å². The molecule has 0 radical (unpaired) electrons. The maximum Gasteiger partial charge on any atom is 0.349 e. The Hall–Kier alpha value is -2.67. The summed E-state index contributed by atoms with van der Waals surface area (Å²) in [6.45, 7) is -0.208. The van der Waals surface area contributed by atoms with Crippen LogP contribution in [0.3, 0.4) is 0 Å². The molecule has 0 aliphatic carbocycles. The first-order valence-electron chi connectivity index (χ1n) is 6.08. The third kappa shape index (κ3) is 3.26. The molecule has 0 aliphatic rings. The number of carbonyl (C=O) groups is 2. The predicted octanol–water partition coefficient (Wildman–Crippen LogP) is 0.622. The number of amides is 1. The van der Waals surface area contributed by atoms with Crippen LogP contribution in [-0.2, 0) is 9.53 Å². The van der Waals surface area contributed by atoms with E-state index in [9.17, 15) is 14.4 Å². The summed E-state index contributed by atoms with van der Waals surface area (Å²) in [5, 5.41) is 11.7. The number of hydrogen-bond acceptors (Lipinski definition) is 5. The Labute approximate surface area is 119 Å². The fraction of sp³-hybridized carbons (Fsp3) is 0.214. The van der Waals surface area contributed by atoms with Gasteiger partial charge in [-0.05, 0) is 12.1 Å². The van der Waals surface area contributed by atoms with E-state index in [-0.39, 0.29) is 12.2 Å². The number of hydrogen-bond donors (Lipinski definition) is 2. The van der Waals surface area contributed by atoms with Crippen LogP contribution < -0.4 is 10.9 Å². The molecule has 2 aromatic rings. The van der Waals surface area contributed by atoms with Crippen molar-refractivity contribution in [2.45, 2.75) is 6.04 Å². The van der Waals surface area contributed by atoms with Gasteiger partial charge in [-0.3, -0.25) is 4.79 Å². The number of carboxylic acid groups (broad SMARTS) is 1. The molecule has 1 aromatic heterocycles. The Morgan fingerprint density at radius 3 is 2.76 bits per heavy atom. The number of nitrogens with one attached hydrogen (secondary N) is 1. The molecule has 0 spiro atoms. The lowest BCUT2D eigenvalue weighted by Gasteiger charge is -2.13. The average Bonchev–Trinajstić information content (AvgIpc) is 2.45. The third-order valence-corrected chi connectivity index (χ3v) is 2.82. The van der Waals surface area contributed by atoms with E-state index < -0.39 is 23.5 Å². The van der Waals surface area contributed by atoms with Crippen molar-refractivity contribution in [3.63, 3.8) is 0 Å². The Balaban J connectivity index is 2.32. The van der Waals surface area contributed by atoms with E-state index in [0.717, 1.165) is 0 Å². The number of benzene rings is 1. The first-order valence-corrected chi connectivity index (χ1v) is 6.08. The summed E-state index contributed by atoms with van der Waals surface area (Å²) in [5.41, 5.74) is -0.727. The third-order valence-electron chi connectivity index (χ3n) is 2.82. The van der Waals surface area contributed by atoms with Crippen molar-refractivity contribution in [3.05, 3.63) is 46.3 Å². The molecule has 1 atom stereocenters. The predicted molar refractivity (Wildman–Crippen MR) is 73.3 cm³/mol. The molecular formula is C14H13NO6. The van der Waals surface area contributed by atoms with Crippen LogP contribution in [-0.4, -0.2) is 36.7 Å². The topological polar surface area (TPSA) is 106 Å². The minimum atomic E-state index is -1.25. The van der Waals surface area contributed by atoms with Crippen LogP contribution in [0.1, 0.15) is 10.4 Å². The minimum absolute atomic E-state index is 0.208. The molecule has 2 rings (SSSR count). The molecule has 1 unspecified atom stereocenters. The molecule has 7 heteroatoms. The summed E-state index contributed by atoms with van der Waals surface area (Å²) >= 11 is 0. The Morgan fingerprint density at radius 1 is 1.38 bits per heavy atom. The monoisotopic (exact) mass is 291 g/mol. The van der Waals surface area contributed by atoms with Crippen LogP contribution in [0.5, 0.6) is 0 Å². The van der Waals surface area contributed by atoms with Crippen LogP contribution in [0.4, 0.5) is 0 Å². The minimum Gasteiger partial charge on any atom is -0.480 e. The van der Waals surface area contributed by atoms with Crippen LogP contribution in [0.15, 0.2) is 39.5 Å². The van der Waals surface area contributed by atoms with Gasteiger partial charge in [-0.25, -0.2) is 9.59 Å². The molecular weight excluding hydrogens is 278 g/mol. The van der Waals surface area contributed by atoms with Gasteiger partial charge in [0.15, 0.2) is 6.04 Å². The highest BCUT2D eigenvalue weighted by molar-refractivity contribution is 5.98. The molecule has 0 saturated carbocycles. The average molecular weight is 291 g/mol. The summed E-state index contributed by atoms with van der Waals surface area (Å²) in [6, 6.07) is 6.83. The normalized spacial score (nSPS) is 12.0. The molecule has 1 aromatic carbocycles. The van der Waals surface area contributed by atoms with Crippen molar-refractivity contribution in [2.24, 2.45) is 0 Å². The van der Waals surface area contributed by atoms with Gasteiger partial charge in [0, 0.05) is 12.5 Å². The second-order valence-electron chi connectivity index (χ2n) is 4.30. The van der Waals surface area contributed by atoms with Crippen molar-refractivity contribution in [1.29, 1.82) is 0 Å². The summed E-state index contributed by atoms with van der Waals surface area (Å²) in [5.74, 6) is -2.07. The zero-order valence-corrected chi connectivity index (χ0v) is 11.2. The summed E-state index contributed by atoms with van der Waals surface area (Å²) < 4.78 is 9.73. The molecule has 0 bridgehead atoms. The zero-order chi connectivity index (χ0) is 15.4. The molecule has 21 heavy (non-hydrogen) atoms. The number of rotatable bonds is 5. The summed E-state index contributed by atoms with van der Waals surface area (Å²) in [7, 11) is 1.31. The van der Waals surface area contributed by atoms with E-state index in [2.05, 4.69) is 5.32 Å². The van der Waals surface area contributed by atoms with Gasteiger partial charge in [0.2, 0.25) is 0 Å². The van der Waals surface area contributed by atoms with Gasteiger partial charge in [0.1, 0.15) is 11.1 Å². The van der Waals surface area contributed by atoms with Crippen molar-refractivity contribution in [2.75, 3.05) is 13.7 Å². The molecule has 7 nitrogen and oxygen atoms in total. The standard InChI is InChI=1S/C14H13NO6/c1-20-7-10(13(17)18)15-12(16)9-6-8-4-2-3-5-11(8)21-14(9)19/h2-6,10H,7H2,1H3,(H,15,16)(H,17,18). The maximum atomic E-state index is 12.0. The summed E-state index contributed by atoms with van der Waals surface area (Å²) in [4.78, 5) is 34.7. The fourth-order valence-electron chi connectivity index (χ4n) is 1.80. The van der Waals surface area contributed by atoms with Crippen LogP contribution in [0, 0.1) is 0 Å². The first-order chi connectivity index (χ1) is 10.0. The van der Waals surface area contributed by atoms with Gasteiger partial charge in [0.25, 0.3) is 5.91 Å². The fourth-order valence-corrected chi connectivity index (χ4v) is 1.80. The van der Waals surface area contributed by atoms with Crippen molar-refractivity contribution in [1.82, 2.24) is 5.32 Å². The second kappa shape index (κ2) is 6.19. The van der Waals surface area contributed by atoms with Crippen molar-refractivity contribution in [3.8, 4) is 0 Å². The van der Waals surface area contributed by atoms with Crippen molar-refractivity contribution >= 4 is 22.8 Å². The van der Waals surface area contributed by atoms with Gasteiger partial charge >= 0.3 is 11.6 Å². The van der Waals surface area contributed by atoms with Crippen LogP contribution >= 0.6 is 0 Å². The number of carbonyl (C=O) groups excluding carboxylic acids is 1. The second-order valence-corrected chi connectivity index (χ2v) is 4.30. The van der Waals surface area contributed by atoms with E-state index >= 15 is 0 Å². The van der Waals surface area contributed by atoms with Crippen LogP contribution in [0.2, 0.25) is 0 Å². The molecule has 110 valence electrons. The highest BCUT2D eigenvalue weighted by Gasteiger charge is 2.22. The van der Waals surface area contributed by atoms with E-state index in [0.29, 0.717) is 11.0 Å². The Morgan fingerprint density at radius 2 is 2.10 bits per heavy atom. The number of aliphatic carboxylic acids is 1. The Kier molecular flexibility index (Phi) is 4.34. The quantitative estimate of drug-likeness (QED) is 0.782. The molecule has 0 saturated heterocycles. The van der Waals surface area contributed by atoms with Gasteiger partial charge in [0.05, 0.1) is 6.61 Å². The number of ether oxygens (including phenoxy) is 1. The molecule has 2 N–H and O–H groups in total.